The minimum absolute atomic E-state index is 0.178. The molecule has 1 N–H and O–H groups in total. The molecule has 3 heteroatoms. The van der Waals surface area contributed by atoms with Crippen molar-refractivity contribution in [3.05, 3.63) is 35.6 Å². The summed E-state index contributed by atoms with van der Waals surface area (Å²) in [4.78, 5) is 0. The van der Waals surface area contributed by atoms with Crippen LogP contribution >= 0.6 is 11.8 Å². The highest BCUT2D eigenvalue weighted by Crippen LogP contribution is 2.35. The second-order valence-electron chi connectivity index (χ2n) is 5.89. The van der Waals surface area contributed by atoms with Gasteiger partial charge in [0.05, 0.1) is 6.04 Å². The molecule has 1 saturated heterocycles. The van der Waals surface area contributed by atoms with Gasteiger partial charge in [0.25, 0.3) is 0 Å². The van der Waals surface area contributed by atoms with Crippen LogP contribution in [0.15, 0.2) is 28.7 Å². The molecule has 19 heavy (non-hydrogen) atoms. The van der Waals surface area contributed by atoms with Crippen molar-refractivity contribution in [2.45, 2.75) is 38.8 Å². The van der Waals surface area contributed by atoms with Crippen LogP contribution in [0.1, 0.15) is 38.1 Å². The highest BCUT2D eigenvalue weighted by atomic mass is 32.2. The van der Waals surface area contributed by atoms with Gasteiger partial charge < -0.3 is 9.73 Å². The molecule has 1 aromatic carbocycles. The van der Waals surface area contributed by atoms with Crippen molar-refractivity contribution in [3.63, 3.8) is 0 Å². The normalized spacial score (nSPS) is 22.8. The molecular formula is C16H21NOS. The van der Waals surface area contributed by atoms with E-state index in [0.29, 0.717) is 6.04 Å². The lowest BCUT2D eigenvalue weighted by atomic mass is 10.0. The topological polar surface area (TPSA) is 25.2 Å². The van der Waals surface area contributed by atoms with Gasteiger partial charge in [-0.25, -0.2) is 0 Å². The summed E-state index contributed by atoms with van der Waals surface area (Å²) in [5, 5.41) is 5.00. The molecule has 0 saturated carbocycles. The number of thioether (sulfide) groups is 1. The Morgan fingerprint density at radius 1 is 1.37 bits per heavy atom. The maximum Gasteiger partial charge on any atom is 0.134 e. The van der Waals surface area contributed by atoms with Gasteiger partial charge >= 0.3 is 0 Å². The molecule has 1 aliphatic rings. The highest BCUT2D eigenvalue weighted by Gasteiger charge is 2.31. The maximum absolute atomic E-state index is 6.15. The molecule has 1 unspecified atom stereocenters. The molecule has 0 radical (unpaired) electrons. The molecule has 102 valence electrons. The Hall–Kier alpha value is -0.930. The number of aryl methyl sites for hydroxylation is 1. The molecule has 1 aromatic heterocycles. The summed E-state index contributed by atoms with van der Waals surface area (Å²) in [6.07, 6.45) is 1.02. The molecule has 0 spiro atoms. The van der Waals surface area contributed by atoms with E-state index in [1.54, 1.807) is 0 Å². The number of nitrogens with one attached hydrogen (secondary N) is 1. The van der Waals surface area contributed by atoms with E-state index >= 15 is 0 Å². The predicted molar refractivity (Wildman–Crippen MR) is 82.9 cm³/mol. The first-order valence-corrected chi connectivity index (χ1v) is 8.12. The van der Waals surface area contributed by atoms with E-state index in [2.05, 4.69) is 44.3 Å². The lowest BCUT2D eigenvalue weighted by molar-refractivity contribution is 0.340. The molecule has 1 fully saturated rings. The minimum Gasteiger partial charge on any atom is -0.459 e. The van der Waals surface area contributed by atoms with Gasteiger partial charge in [0.15, 0.2) is 0 Å². The van der Waals surface area contributed by atoms with Gasteiger partial charge in [-0.3, -0.25) is 0 Å². The number of hydrogen-bond donors (Lipinski definition) is 1. The van der Waals surface area contributed by atoms with Crippen LogP contribution in [0, 0.1) is 0 Å². The second kappa shape index (κ2) is 4.88. The molecule has 2 heterocycles. The quantitative estimate of drug-likeness (QED) is 0.891. The molecule has 2 aromatic rings. The number of rotatable bonds is 2. The molecule has 3 rings (SSSR count). The minimum atomic E-state index is 0.178. The van der Waals surface area contributed by atoms with Crippen LogP contribution in [0.2, 0.25) is 0 Å². The van der Waals surface area contributed by atoms with E-state index in [-0.39, 0.29) is 5.54 Å². The van der Waals surface area contributed by atoms with Crippen LogP contribution in [0.3, 0.4) is 0 Å². The summed E-state index contributed by atoms with van der Waals surface area (Å²) in [5.74, 6) is 3.39. The third-order valence-electron chi connectivity index (χ3n) is 3.71. The van der Waals surface area contributed by atoms with Gasteiger partial charge in [-0.2, -0.15) is 11.8 Å². The van der Waals surface area contributed by atoms with Gasteiger partial charge in [-0.05, 0) is 26.3 Å². The Morgan fingerprint density at radius 2 is 2.16 bits per heavy atom. The molecule has 0 bridgehead atoms. The summed E-state index contributed by atoms with van der Waals surface area (Å²) in [5.41, 5.74) is 2.56. The van der Waals surface area contributed by atoms with Crippen LogP contribution < -0.4 is 5.32 Å². The monoisotopic (exact) mass is 275 g/mol. The second-order valence-corrected chi connectivity index (χ2v) is 6.92. The summed E-state index contributed by atoms with van der Waals surface area (Å²) < 4.78 is 6.15. The van der Waals surface area contributed by atoms with E-state index in [0.717, 1.165) is 29.3 Å². The SMILES string of the molecule is CCc1c(C2CSCC(C)(C)N2)oc2ccccc12. The van der Waals surface area contributed by atoms with Crippen molar-refractivity contribution in [2.75, 3.05) is 11.5 Å². The van der Waals surface area contributed by atoms with E-state index in [1.165, 1.54) is 10.9 Å². The van der Waals surface area contributed by atoms with E-state index < -0.39 is 0 Å². The molecule has 1 aliphatic heterocycles. The zero-order valence-electron chi connectivity index (χ0n) is 11.8. The predicted octanol–water partition coefficient (Wildman–Crippen LogP) is 4.15. The summed E-state index contributed by atoms with van der Waals surface area (Å²) in [6.45, 7) is 6.74. The Balaban J connectivity index is 2.04. The molecular weight excluding hydrogens is 254 g/mol. The third kappa shape index (κ3) is 2.41. The van der Waals surface area contributed by atoms with Gasteiger partial charge in [0.1, 0.15) is 11.3 Å². The average Bonchev–Trinajstić information content (AvgIpc) is 2.76. The summed E-state index contributed by atoms with van der Waals surface area (Å²) in [6, 6.07) is 8.70. The fraction of sp³-hybridized carbons (Fsp3) is 0.500. The average molecular weight is 275 g/mol. The Morgan fingerprint density at radius 3 is 2.89 bits per heavy atom. The number of benzene rings is 1. The Labute approximate surface area is 118 Å². The number of furan rings is 1. The third-order valence-corrected chi connectivity index (χ3v) is 5.21. The van der Waals surface area contributed by atoms with Gasteiger partial charge in [0, 0.05) is 28.0 Å². The lowest BCUT2D eigenvalue weighted by Gasteiger charge is -2.36. The van der Waals surface area contributed by atoms with Crippen molar-refractivity contribution in [2.24, 2.45) is 0 Å². The van der Waals surface area contributed by atoms with Gasteiger partial charge in [-0.15, -0.1) is 0 Å². The molecule has 0 aliphatic carbocycles. The Bertz CT molecular complexity index is 587. The number of hydrogen-bond acceptors (Lipinski definition) is 3. The fourth-order valence-corrected chi connectivity index (χ4v) is 4.07. The highest BCUT2D eigenvalue weighted by molar-refractivity contribution is 7.99. The first-order valence-electron chi connectivity index (χ1n) is 6.96. The first-order chi connectivity index (χ1) is 9.11. The maximum atomic E-state index is 6.15. The summed E-state index contributed by atoms with van der Waals surface area (Å²) >= 11 is 2.01. The molecule has 0 amide bonds. The van der Waals surface area contributed by atoms with E-state index in [4.69, 9.17) is 4.42 Å². The fourth-order valence-electron chi connectivity index (χ4n) is 2.89. The van der Waals surface area contributed by atoms with Crippen LogP contribution in [-0.2, 0) is 6.42 Å². The van der Waals surface area contributed by atoms with E-state index in [1.807, 2.05) is 17.8 Å². The van der Waals surface area contributed by atoms with Crippen LogP contribution in [-0.4, -0.2) is 17.0 Å². The van der Waals surface area contributed by atoms with Crippen molar-refractivity contribution < 1.29 is 4.42 Å². The number of para-hydroxylation sites is 1. The van der Waals surface area contributed by atoms with Crippen LogP contribution in [0.5, 0.6) is 0 Å². The zero-order chi connectivity index (χ0) is 13.5. The van der Waals surface area contributed by atoms with Crippen LogP contribution in [0.4, 0.5) is 0 Å². The van der Waals surface area contributed by atoms with E-state index in [9.17, 15) is 0 Å². The Kier molecular flexibility index (Phi) is 3.35. The van der Waals surface area contributed by atoms with Crippen molar-refractivity contribution in [1.82, 2.24) is 5.32 Å². The molecule has 2 nitrogen and oxygen atoms in total. The largest absolute Gasteiger partial charge is 0.459 e. The zero-order valence-corrected chi connectivity index (χ0v) is 12.6. The van der Waals surface area contributed by atoms with Crippen molar-refractivity contribution in [3.8, 4) is 0 Å². The van der Waals surface area contributed by atoms with Gasteiger partial charge in [-0.1, -0.05) is 25.1 Å². The molecule has 1 atom stereocenters. The standard InChI is InChI=1S/C16H21NOS/c1-4-11-12-7-5-6-8-14(12)18-15(11)13-9-19-10-16(2,3)17-13/h5-8,13,17H,4,9-10H2,1-3H3. The number of fused-ring (bicyclic) bond motifs is 1. The lowest BCUT2D eigenvalue weighted by Crippen LogP contribution is -2.48. The smallest absolute Gasteiger partial charge is 0.134 e. The van der Waals surface area contributed by atoms with Gasteiger partial charge in [0.2, 0.25) is 0 Å². The van der Waals surface area contributed by atoms with Crippen molar-refractivity contribution in [1.29, 1.82) is 0 Å². The first kappa shape index (κ1) is 13.1. The van der Waals surface area contributed by atoms with Crippen molar-refractivity contribution >= 4 is 22.7 Å². The summed E-state index contributed by atoms with van der Waals surface area (Å²) in [7, 11) is 0. The van der Waals surface area contributed by atoms with Crippen LogP contribution in [0.25, 0.3) is 11.0 Å².